The van der Waals surface area contributed by atoms with Gasteiger partial charge in [0.05, 0.1) is 13.5 Å². The summed E-state index contributed by atoms with van der Waals surface area (Å²) in [7, 11) is 1.30. The van der Waals surface area contributed by atoms with Crippen LogP contribution in [0.1, 0.15) is 46.5 Å². The zero-order chi connectivity index (χ0) is 16.8. The molecule has 22 heavy (non-hydrogen) atoms. The lowest BCUT2D eigenvalue weighted by Gasteiger charge is -2.35. The number of nitrogens with zero attached hydrogens (tertiary/aromatic N) is 1. The van der Waals surface area contributed by atoms with E-state index >= 15 is 0 Å². The molecule has 1 heterocycles. The van der Waals surface area contributed by atoms with Crippen molar-refractivity contribution in [1.29, 1.82) is 0 Å². The average Bonchev–Trinajstić information content (AvgIpc) is 2.45. The first-order valence-electron chi connectivity index (χ1n) is 7.59. The molecular weight excluding hydrogens is 288 g/mol. The number of hydrogen-bond acceptors (Lipinski definition) is 5. The molecule has 1 aliphatic rings. The summed E-state index contributed by atoms with van der Waals surface area (Å²) in [6, 6.07) is -0.541. The van der Waals surface area contributed by atoms with Crippen molar-refractivity contribution in [2.75, 3.05) is 20.2 Å². The van der Waals surface area contributed by atoms with Gasteiger partial charge in [0.25, 0.3) is 0 Å². The fourth-order valence-corrected chi connectivity index (χ4v) is 2.25. The Labute approximate surface area is 131 Å². The highest BCUT2D eigenvalue weighted by Crippen LogP contribution is 2.20. The molecule has 1 atom stereocenters. The third-order valence-corrected chi connectivity index (χ3v) is 3.29. The van der Waals surface area contributed by atoms with Crippen LogP contribution < -0.4 is 5.32 Å². The second-order valence-electron chi connectivity index (χ2n) is 6.30. The summed E-state index contributed by atoms with van der Waals surface area (Å²) in [5, 5.41) is 2.68. The van der Waals surface area contributed by atoms with Crippen LogP contribution in [-0.4, -0.2) is 54.7 Å². The molecule has 2 amide bonds. The van der Waals surface area contributed by atoms with Crippen LogP contribution in [0.25, 0.3) is 0 Å². The molecule has 1 fully saturated rings. The molecule has 7 nitrogen and oxygen atoms in total. The van der Waals surface area contributed by atoms with Gasteiger partial charge < -0.3 is 14.8 Å². The van der Waals surface area contributed by atoms with E-state index in [0.29, 0.717) is 13.0 Å². The van der Waals surface area contributed by atoms with Gasteiger partial charge >= 0.3 is 12.1 Å². The molecule has 0 aliphatic carbocycles. The Hall–Kier alpha value is -1.79. The third-order valence-electron chi connectivity index (χ3n) is 3.29. The van der Waals surface area contributed by atoms with E-state index < -0.39 is 17.7 Å². The quantitative estimate of drug-likeness (QED) is 0.794. The van der Waals surface area contributed by atoms with Crippen LogP contribution in [0, 0.1) is 0 Å². The number of esters is 1. The summed E-state index contributed by atoms with van der Waals surface area (Å²) < 4.78 is 9.87. The fraction of sp³-hybridized carbons (Fsp3) is 0.800. The fourth-order valence-electron chi connectivity index (χ4n) is 2.25. The normalized spacial score (nSPS) is 18.5. The number of methoxy groups -OCH3 is 1. The molecule has 1 aliphatic heterocycles. The lowest BCUT2D eigenvalue weighted by atomic mass is 10.0. The molecular formula is C15H26N2O5. The van der Waals surface area contributed by atoms with Gasteiger partial charge in [0.2, 0.25) is 5.91 Å². The van der Waals surface area contributed by atoms with Crippen LogP contribution in [0.2, 0.25) is 0 Å². The van der Waals surface area contributed by atoms with Gasteiger partial charge in [0.1, 0.15) is 11.6 Å². The SMILES string of the molecule is COC(=O)CCNC(=O)[C@H]1CCCCN1C(=O)OC(C)(C)C. The van der Waals surface area contributed by atoms with Crippen molar-refractivity contribution in [3.8, 4) is 0 Å². The van der Waals surface area contributed by atoms with Gasteiger partial charge in [-0.25, -0.2) is 4.79 Å². The number of carbonyl (C=O) groups excluding carboxylic acids is 3. The lowest BCUT2D eigenvalue weighted by molar-refractivity contribution is -0.140. The van der Waals surface area contributed by atoms with Gasteiger partial charge in [-0.15, -0.1) is 0 Å². The van der Waals surface area contributed by atoms with Crippen LogP contribution in [0.15, 0.2) is 0 Å². The Morgan fingerprint density at radius 3 is 2.50 bits per heavy atom. The van der Waals surface area contributed by atoms with Gasteiger partial charge in [-0.05, 0) is 40.0 Å². The van der Waals surface area contributed by atoms with E-state index in [9.17, 15) is 14.4 Å². The number of nitrogens with one attached hydrogen (secondary N) is 1. The van der Waals surface area contributed by atoms with Crippen molar-refractivity contribution in [1.82, 2.24) is 10.2 Å². The molecule has 0 saturated carbocycles. The predicted molar refractivity (Wildman–Crippen MR) is 80.2 cm³/mol. The van der Waals surface area contributed by atoms with Gasteiger partial charge in [0, 0.05) is 13.1 Å². The molecule has 0 aromatic carbocycles. The summed E-state index contributed by atoms with van der Waals surface area (Å²) in [6.45, 7) is 6.08. The Bertz CT molecular complexity index is 417. The van der Waals surface area contributed by atoms with E-state index in [1.165, 1.54) is 12.0 Å². The van der Waals surface area contributed by atoms with E-state index in [2.05, 4.69) is 10.1 Å². The van der Waals surface area contributed by atoms with E-state index in [4.69, 9.17) is 4.74 Å². The van der Waals surface area contributed by atoms with E-state index in [-0.39, 0.29) is 24.8 Å². The number of likely N-dealkylation sites (tertiary alicyclic amines) is 1. The molecule has 1 saturated heterocycles. The maximum Gasteiger partial charge on any atom is 0.410 e. The van der Waals surface area contributed by atoms with Crippen molar-refractivity contribution in [2.24, 2.45) is 0 Å². The van der Waals surface area contributed by atoms with Gasteiger partial charge in [-0.3, -0.25) is 14.5 Å². The number of rotatable bonds is 4. The third kappa shape index (κ3) is 5.91. The molecule has 0 aromatic heterocycles. The smallest absolute Gasteiger partial charge is 0.410 e. The zero-order valence-corrected chi connectivity index (χ0v) is 13.8. The Morgan fingerprint density at radius 1 is 1.23 bits per heavy atom. The minimum Gasteiger partial charge on any atom is -0.469 e. The average molecular weight is 314 g/mol. The Kier molecular flexibility index (Phi) is 6.64. The molecule has 0 bridgehead atoms. The number of hydrogen-bond donors (Lipinski definition) is 1. The topological polar surface area (TPSA) is 84.9 Å². The van der Waals surface area contributed by atoms with Crippen LogP contribution in [0.4, 0.5) is 4.79 Å². The first-order chi connectivity index (χ1) is 10.2. The highest BCUT2D eigenvalue weighted by molar-refractivity contribution is 5.86. The van der Waals surface area contributed by atoms with Gasteiger partial charge in [-0.1, -0.05) is 0 Å². The van der Waals surface area contributed by atoms with Gasteiger partial charge in [-0.2, -0.15) is 0 Å². The summed E-state index contributed by atoms with van der Waals surface area (Å²) in [5.41, 5.74) is -0.597. The van der Waals surface area contributed by atoms with E-state index in [1.807, 2.05) is 0 Å². The first-order valence-corrected chi connectivity index (χ1v) is 7.59. The minimum absolute atomic E-state index is 0.112. The molecule has 0 radical (unpaired) electrons. The maximum absolute atomic E-state index is 12.2. The maximum atomic E-state index is 12.2. The molecule has 1 rings (SSSR count). The summed E-state index contributed by atoms with van der Waals surface area (Å²) in [4.78, 5) is 37.0. The van der Waals surface area contributed by atoms with Crippen LogP contribution in [-0.2, 0) is 19.1 Å². The highest BCUT2D eigenvalue weighted by Gasteiger charge is 2.34. The predicted octanol–water partition coefficient (Wildman–Crippen LogP) is 1.46. The highest BCUT2D eigenvalue weighted by atomic mass is 16.6. The van der Waals surface area contributed by atoms with Crippen molar-refractivity contribution >= 4 is 18.0 Å². The van der Waals surface area contributed by atoms with Crippen molar-refractivity contribution in [2.45, 2.75) is 58.1 Å². The number of piperidine rings is 1. The molecule has 7 heteroatoms. The summed E-state index contributed by atoms with van der Waals surface area (Å²) >= 11 is 0. The van der Waals surface area contributed by atoms with Crippen molar-refractivity contribution < 1.29 is 23.9 Å². The van der Waals surface area contributed by atoms with Crippen LogP contribution >= 0.6 is 0 Å². The monoisotopic (exact) mass is 314 g/mol. The molecule has 1 N–H and O–H groups in total. The standard InChI is InChI=1S/C15H26N2O5/c1-15(2,3)22-14(20)17-10-6-5-7-11(17)13(19)16-9-8-12(18)21-4/h11H,5-10H2,1-4H3,(H,16,19)/t11-/m1/s1. The largest absolute Gasteiger partial charge is 0.469 e. The number of ether oxygens (including phenoxy) is 2. The van der Waals surface area contributed by atoms with Gasteiger partial charge in [0.15, 0.2) is 0 Å². The molecule has 126 valence electrons. The van der Waals surface area contributed by atoms with E-state index in [1.54, 1.807) is 20.8 Å². The number of amides is 2. The molecule has 0 spiro atoms. The Morgan fingerprint density at radius 2 is 1.91 bits per heavy atom. The first kappa shape index (κ1) is 18.3. The van der Waals surface area contributed by atoms with Crippen molar-refractivity contribution in [3.63, 3.8) is 0 Å². The summed E-state index contributed by atoms with van der Waals surface area (Å²) in [6.07, 6.45) is 1.98. The number of carbonyl (C=O) groups is 3. The zero-order valence-electron chi connectivity index (χ0n) is 13.8. The summed E-state index contributed by atoms with van der Waals surface area (Å²) in [5.74, 6) is -0.637. The van der Waals surface area contributed by atoms with Crippen LogP contribution in [0.3, 0.4) is 0 Å². The lowest BCUT2D eigenvalue weighted by Crippen LogP contribution is -2.53. The molecule has 0 unspecified atom stereocenters. The molecule has 0 aromatic rings. The Balaban J connectivity index is 2.58. The second-order valence-corrected chi connectivity index (χ2v) is 6.30. The van der Waals surface area contributed by atoms with Crippen molar-refractivity contribution in [3.05, 3.63) is 0 Å². The van der Waals surface area contributed by atoms with E-state index in [0.717, 1.165) is 12.8 Å². The minimum atomic E-state index is -0.597. The van der Waals surface area contributed by atoms with Crippen LogP contribution in [0.5, 0.6) is 0 Å². The second kappa shape index (κ2) is 8.00.